The minimum atomic E-state index is -5.01. The molecule has 0 saturated carbocycles. The van der Waals surface area contributed by atoms with E-state index >= 15 is 0 Å². The van der Waals surface area contributed by atoms with Gasteiger partial charge in [-0.2, -0.15) is 4.99 Å². The molecule has 0 aliphatic rings. The van der Waals surface area contributed by atoms with Gasteiger partial charge in [0.05, 0.1) is 11.4 Å². The van der Waals surface area contributed by atoms with Crippen molar-refractivity contribution in [2.24, 2.45) is 4.99 Å². The number of isocyanates is 1. The Bertz CT molecular complexity index is 354. The number of aliphatic imine (C=N–C) groups is 1. The van der Waals surface area contributed by atoms with E-state index in [1.54, 1.807) is 0 Å². The Morgan fingerprint density at radius 2 is 1.79 bits per heavy atom. The molecular weight excluding hydrogens is 215 g/mol. The number of benzene rings is 1. The summed E-state index contributed by atoms with van der Waals surface area (Å²) < 4.78 is 36.0. The highest BCUT2D eigenvalue weighted by Gasteiger charge is 2.20. The quantitative estimate of drug-likeness (QED) is 0.566. The van der Waals surface area contributed by atoms with Crippen LogP contribution < -0.4 is 0 Å². The Labute approximate surface area is 80.7 Å². The maximum absolute atomic E-state index is 12.0. The molecule has 2 nitrogen and oxygen atoms in total. The molecule has 0 amide bonds. The zero-order valence-electron chi connectivity index (χ0n) is 6.91. The van der Waals surface area contributed by atoms with Gasteiger partial charge in [0.25, 0.3) is 0 Å². The van der Waals surface area contributed by atoms with Crippen molar-refractivity contribution in [1.29, 1.82) is 0 Å². The summed E-state index contributed by atoms with van der Waals surface area (Å²) in [6.45, 7) is 0. The molecule has 1 aromatic rings. The van der Waals surface area contributed by atoms with E-state index in [1.807, 2.05) is 0 Å². The molecule has 14 heavy (non-hydrogen) atoms. The standard InChI is InChI=1S/C8H6F3NOS/c9-14(10,11)5-7-1-3-8(4-2-7)12-6-13/h1-4H,5H2. The molecule has 0 heterocycles. The van der Waals surface area contributed by atoms with Crippen LogP contribution >= 0.6 is 11.2 Å². The van der Waals surface area contributed by atoms with Crippen LogP contribution in [0.25, 0.3) is 0 Å². The summed E-state index contributed by atoms with van der Waals surface area (Å²) >= 11 is -5.01. The smallest absolute Gasteiger partial charge is 0.211 e. The summed E-state index contributed by atoms with van der Waals surface area (Å²) in [5, 5.41) is 0. The molecule has 0 radical (unpaired) electrons. The van der Waals surface area contributed by atoms with Crippen molar-refractivity contribution < 1.29 is 16.5 Å². The zero-order chi connectivity index (χ0) is 10.6. The third-order valence-corrected chi connectivity index (χ3v) is 2.10. The Hall–Kier alpha value is -1.26. The van der Waals surface area contributed by atoms with Crippen molar-refractivity contribution in [3.63, 3.8) is 0 Å². The molecule has 0 aromatic heterocycles. The first kappa shape index (κ1) is 10.8. The molecule has 0 bridgehead atoms. The molecule has 1 rings (SSSR count). The first-order chi connectivity index (χ1) is 6.51. The minimum absolute atomic E-state index is 0.178. The number of halogens is 3. The predicted molar refractivity (Wildman–Crippen MR) is 48.8 cm³/mol. The average molecular weight is 221 g/mol. The van der Waals surface area contributed by atoms with Crippen molar-refractivity contribution in [2.45, 2.75) is 5.75 Å². The van der Waals surface area contributed by atoms with Gasteiger partial charge in [-0.25, -0.2) is 4.79 Å². The van der Waals surface area contributed by atoms with Gasteiger partial charge in [-0.1, -0.05) is 12.1 Å². The van der Waals surface area contributed by atoms with Gasteiger partial charge in [0.15, 0.2) is 0 Å². The molecule has 0 spiro atoms. The van der Waals surface area contributed by atoms with Crippen molar-refractivity contribution >= 4 is 23.0 Å². The van der Waals surface area contributed by atoms with E-state index in [0.717, 1.165) is 0 Å². The number of rotatable bonds is 3. The molecule has 6 heteroatoms. The van der Waals surface area contributed by atoms with Crippen LogP contribution in [0.2, 0.25) is 0 Å². The van der Waals surface area contributed by atoms with Crippen molar-refractivity contribution in [3.05, 3.63) is 29.8 Å². The third kappa shape index (κ3) is 3.64. The summed E-state index contributed by atoms with van der Waals surface area (Å²) in [6.07, 6.45) is 1.31. The van der Waals surface area contributed by atoms with E-state index in [0.29, 0.717) is 5.69 Å². The summed E-state index contributed by atoms with van der Waals surface area (Å²) in [5.74, 6) is -0.891. The predicted octanol–water partition coefficient (Wildman–Crippen LogP) is 3.61. The second-order valence-electron chi connectivity index (χ2n) is 2.52. The van der Waals surface area contributed by atoms with Crippen LogP contribution in [0, 0.1) is 0 Å². The summed E-state index contributed by atoms with van der Waals surface area (Å²) in [5.41, 5.74) is 0.485. The van der Waals surface area contributed by atoms with Gasteiger partial charge in [-0.15, -0.1) is 11.7 Å². The third-order valence-electron chi connectivity index (χ3n) is 1.44. The van der Waals surface area contributed by atoms with Gasteiger partial charge in [-0.3, -0.25) is 0 Å². The molecule has 1 aromatic carbocycles. The van der Waals surface area contributed by atoms with Gasteiger partial charge in [0.2, 0.25) is 17.3 Å². The Morgan fingerprint density at radius 3 is 2.21 bits per heavy atom. The van der Waals surface area contributed by atoms with Gasteiger partial charge >= 0.3 is 0 Å². The topological polar surface area (TPSA) is 29.4 Å². The Kier molecular flexibility index (Phi) is 3.33. The number of carbonyl (C=O) groups excluding carboxylic acids is 1. The monoisotopic (exact) mass is 221 g/mol. The number of hydrogen-bond donors (Lipinski definition) is 0. The van der Waals surface area contributed by atoms with Crippen LogP contribution in [0.4, 0.5) is 17.3 Å². The van der Waals surface area contributed by atoms with E-state index in [2.05, 4.69) is 4.99 Å². The van der Waals surface area contributed by atoms with Crippen molar-refractivity contribution in [3.8, 4) is 0 Å². The number of nitrogens with zero attached hydrogens (tertiary/aromatic N) is 1. The molecule has 0 atom stereocenters. The fourth-order valence-electron chi connectivity index (χ4n) is 0.908. The van der Waals surface area contributed by atoms with Gasteiger partial charge in [0, 0.05) is 0 Å². The van der Waals surface area contributed by atoms with Gasteiger partial charge < -0.3 is 0 Å². The lowest BCUT2D eigenvalue weighted by molar-refractivity contribution is 0.565. The average Bonchev–Trinajstić information content (AvgIpc) is 2.06. The molecule has 0 fully saturated rings. The van der Waals surface area contributed by atoms with Gasteiger partial charge in [0.1, 0.15) is 0 Å². The van der Waals surface area contributed by atoms with E-state index in [-0.39, 0.29) is 5.56 Å². The second-order valence-corrected chi connectivity index (χ2v) is 3.81. The summed E-state index contributed by atoms with van der Waals surface area (Å²) in [6, 6.07) is 5.31. The fraction of sp³-hybridized carbons (Fsp3) is 0.125. The molecular formula is C8H6F3NOS. The zero-order valence-corrected chi connectivity index (χ0v) is 7.73. The molecule has 76 valence electrons. The largest absolute Gasteiger partial charge is 0.240 e. The maximum atomic E-state index is 12.0. The maximum Gasteiger partial charge on any atom is 0.240 e. The first-order valence-corrected chi connectivity index (χ1v) is 5.08. The Balaban J connectivity index is 2.78. The van der Waals surface area contributed by atoms with E-state index in [4.69, 9.17) is 0 Å². The summed E-state index contributed by atoms with van der Waals surface area (Å²) in [4.78, 5) is 13.1. The normalized spacial score (nSPS) is 11.9. The van der Waals surface area contributed by atoms with Gasteiger partial charge in [-0.05, 0) is 17.7 Å². The fourth-order valence-corrected chi connectivity index (χ4v) is 1.48. The molecule has 0 N–H and O–H groups in total. The Morgan fingerprint density at radius 1 is 1.21 bits per heavy atom. The lowest BCUT2D eigenvalue weighted by Crippen LogP contribution is -1.84. The van der Waals surface area contributed by atoms with E-state index < -0.39 is 16.9 Å². The van der Waals surface area contributed by atoms with Crippen LogP contribution in [0.3, 0.4) is 0 Å². The van der Waals surface area contributed by atoms with E-state index in [9.17, 15) is 16.5 Å². The van der Waals surface area contributed by atoms with E-state index in [1.165, 1.54) is 30.3 Å². The van der Waals surface area contributed by atoms with Crippen LogP contribution in [0.15, 0.2) is 29.3 Å². The lowest BCUT2D eigenvalue weighted by atomic mass is 10.2. The molecule has 0 aliphatic heterocycles. The first-order valence-electron chi connectivity index (χ1n) is 3.58. The molecule has 0 unspecified atom stereocenters. The molecule has 0 saturated heterocycles. The van der Waals surface area contributed by atoms with Crippen LogP contribution in [0.1, 0.15) is 5.56 Å². The van der Waals surface area contributed by atoms with Crippen molar-refractivity contribution in [1.82, 2.24) is 0 Å². The highest BCUT2D eigenvalue weighted by atomic mass is 32.3. The number of hydrogen-bond acceptors (Lipinski definition) is 2. The van der Waals surface area contributed by atoms with Crippen LogP contribution in [-0.4, -0.2) is 6.08 Å². The van der Waals surface area contributed by atoms with Crippen LogP contribution in [-0.2, 0) is 10.5 Å². The van der Waals surface area contributed by atoms with Crippen molar-refractivity contribution in [2.75, 3.05) is 0 Å². The SMILES string of the molecule is O=C=Nc1ccc(CS(F)(F)F)cc1. The highest BCUT2D eigenvalue weighted by Crippen LogP contribution is 2.55. The second kappa shape index (κ2) is 4.30. The minimum Gasteiger partial charge on any atom is -0.211 e. The van der Waals surface area contributed by atoms with Crippen LogP contribution in [0.5, 0.6) is 0 Å². The summed E-state index contributed by atoms with van der Waals surface area (Å²) in [7, 11) is 0. The molecule has 0 aliphatic carbocycles. The lowest BCUT2D eigenvalue weighted by Gasteiger charge is -2.08. The highest BCUT2D eigenvalue weighted by molar-refractivity contribution is 8.20.